The number of rotatable bonds is 12. The minimum absolute atomic E-state index is 0.0583. The maximum atomic E-state index is 13.5. The van der Waals surface area contributed by atoms with Gasteiger partial charge in [-0.2, -0.15) is 0 Å². The van der Waals surface area contributed by atoms with Crippen LogP contribution in [0.4, 0.5) is 15.9 Å². The maximum Gasteiger partial charge on any atom is 0.179 e. The lowest BCUT2D eigenvalue weighted by Gasteiger charge is -2.35. The van der Waals surface area contributed by atoms with Crippen molar-refractivity contribution in [1.82, 2.24) is 15.0 Å². The predicted octanol–water partition coefficient (Wildman–Crippen LogP) is 6.22. The highest BCUT2D eigenvalue weighted by Gasteiger charge is 2.45. The monoisotopic (exact) mass is 656 g/mol. The molecule has 2 aromatic heterocycles. The molecule has 0 radical (unpaired) electrons. The molecule has 0 saturated heterocycles. The first-order chi connectivity index (χ1) is 20.2. The first-order valence-corrected chi connectivity index (χ1v) is 16.2. The molecule has 0 saturated carbocycles. The predicted molar refractivity (Wildman–Crippen MR) is 162 cm³/mol. The zero-order valence-electron chi connectivity index (χ0n) is 23.1. The van der Waals surface area contributed by atoms with E-state index in [0.29, 0.717) is 40.1 Å². The van der Waals surface area contributed by atoms with Crippen molar-refractivity contribution in [1.29, 1.82) is 0 Å². The van der Waals surface area contributed by atoms with Crippen LogP contribution in [0, 0.1) is 5.82 Å². The number of pyridine rings is 1. The van der Waals surface area contributed by atoms with Crippen molar-refractivity contribution < 1.29 is 27.0 Å². The summed E-state index contributed by atoms with van der Waals surface area (Å²) in [5, 5.41) is 4.08. The number of nitrogens with one attached hydrogen (secondary N) is 1. The third-order valence-corrected chi connectivity index (χ3v) is 8.42. The van der Waals surface area contributed by atoms with Gasteiger partial charge < -0.3 is 19.5 Å². The van der Waals surface area contributed by atoms with Crippen LogP contribution in [-0.2, 0) is 31.5 Å². The van der Waals surface area contributed by atoms with Crippen LogP contribution < -0.4 is 10.1 Å². The summed E-state index contributed by atoms with van der Waals surface area (Å²) in [6, 6.07) is 13.7. The average Bonchev–Trinajstić information content (AvgIpc) is 3.45. The number of nitrogens with zero attached hydrogens (tertiary/aromatic N) is 3. The van der Waals surface area contributed by atoms with Crippen LogP contribution in [0.5, 0.6) is 5.75 Å². The summed E-state index contributed by atoms with van der Waals surface area (Å²) in [5.74, 6) is 0.787. The summed E-state index contributed by atoms with van der Waals surface area (Å²) in [5.41, 5.74) is 1.83. The Balaban J connectivity index is 1.39. The fraction of sp³-hybridized carbons (Fsp3) is 0.300. The molecular weight excluding hydrogens is 627 g/mol. The van der Waals surface area contributed by atoms with Crippen molar-refractivity contribution in [2.24, 2.45) is 0 Å². The van der Waals surface area contributed by atoms with E-state index in [1.807, 2.05) is 37.3 Å². The molecule has 9 nitrogen and oxygen atoms in total. The van der Waals surface area contributed by atoms with Gasteiger partial charge in [0, 0.05) is 23.8 Å². The van der Waals surface area contributed by atoms with E-state index in [2.05, 4.69) is 36.2 Å². The molecule has 0 bridgehead atoms. The van der Waals surface area contributed by atoms with Crippen molar-refractivity contribution in [3.8, 4) is 5.75 Å². The molecule has 2 atom stereocenters. The Kier molecular flexibility index (Phi) is 9.05. The van der Waals surface area contributed by atoms with Crippen LogP contribution in [0.3, 0.4) is 0 Å². The molecule has 1 aliphatic rings. The van der Waals surface area contributed by atoms with Crippen molar-refractivity contribution in [2.75, 3.05) is 23.9 Å². The number of fused-ring (bicyclic) bond motifs is 1. The van der Waals surface area contributed by atoms with Crippen molar-refractivity contribution >= 4 is 48.2 Å². The van der Waals surface area contributed by atoms with Crippen molar-refractivity contribution in [3.63, 3.8) is 0 Å². The Morgan fingerprint density at radius 3 is 2.74 bits per heavy atom. The fourth-order valence-corrected chi connectivity index (χ4v) is 5.70. The van der Waals surface area contributed by atoms with Crippen molar-refractivity contribution in [3.05, 3.63) is 94.9 Å². The van der Waals surface area contributed by atoms with E-state index < -0.39 is 21.5 Å². The molecule has 0 spiro atoms. The Bertz CT molecular complexity index is 1710. The van der Waals surface area contributed by atoms with Gasteiger partial charge in [-0.3, -0.25) is 4.98 Å². The van der Waals surface area contributed by atoms with Gasteiger partial charge in [0.25, 0.3) is 0 Å². The van der Waals surface area contributed by atoms with E-state index in [4.69, 9.17) is 14.2 Å². The molecule has 12 heteroatoms. The smallest absolute Gasteiger partial charge is 0.179 e. The van der Waals surface area contributed by atoms with Crippen LogP contribution in [-0.4, -0.2) is 48.1 Å². The maximum absolute atomic E-state index is 13.5. The van der Waals surface area contributed by atoms with Crippen LogP contribution >= 0.6 is 15.9 Å². The Labute approximate surface area is 252 Å². The lowest BCUT2D eigenvalue weighted by Crippen LogP contribution is -2.42. The molecule has 42 heavy (non-hydrogen) atoms. The normalized spacial score (nSPS) is 17.2. The van der Waals surface area contributed by atoms with E-state index in [9.17, 15) is 12.8 Å². The van der Waals surface area contributed by atoms with Gasteiger partial charge in [-0.05, 0) is 70.4 Å². The Morgan fingerprint density at radius 1 is 1.17 bits per heavy atom. The summed E-state index contributed by atoms with van der Waals surface area (Å²) < 4.78 is 55.6. The molecular formula is C30H30BrFN4O5S. The lowest BCUT2D eigenvalue weighted by atomic mass is 9.87. The van der Waals surface area contributed by atoms with Gasteiger partial charge in [0.2, 0.25) is 0 Å². The SMILES string of the molecule is CCC(OCCS(C)(=O)=O)C1(c2cc3c(Nc4ccc(OCc5cccc(F)c5)c(Br)c4)ncnc3cn2)CC=CO1. The van der Waals surface area contributed by atoms with Crippen LogP contribution in [0.15, 0.2) is 77.9 Å². The van der Waals surface area contributed by atoms with E-state index in [-0.39, 0.29) is 24.8 Å². The minimum Gasteiger partial charge on any atom is -0.488 e. The first-order valence-electron chi connectivity index (χ1n) is 13.3. The third-order valence-electron chi connectivity index (χ3n) is 6.89. The third kappa shape index (κ3) is 6.88. The van der Waals surface area contributed by atoms with E-state index in [1.54, 1.807) is 24.6 Å². The van der Waals surface area contributed by atoms with Gasteiger partial charge in [-0.15, -0.1) is 0 Å². The minimum atomic E-state index is -3.17. The van der Waals surface area contributed by atoms with E-state index in [0.717, 1.165) is 16.6 Å². The number of halogens is 2. The Morgan fingerprint density at radius 2 is 2.02 bits per heavy atom. The highest BCUT2D eigenvalue weighted by atomic mass is 79.9. The molecule has 2 unspecified atom stereocenters. The summed E-state index contributed by atoms with van der Waals surface area (Å²) in [6.45, 7) is 2.25. The molecule has 0 amide bonds. The molecule has 1 aliphatic heterocycles. The number of aromatic nitrogens is 3. The molecule has 0 fully saturated rings. The van der Waals surface area contributed by atoms with Crippen LogP contribution in [0.1, 0.15) is 31.0 Å². The lowest BCUT2D eigenvalue weighted by molar-refractivity contribution is -0.109. The second kappa shape index (κ2) is 12.7. The van der Waals surface area contributed by atoms with Crippen molar-refractivity contribution in [2.45, 2.75) is 38.1 Å². The van der Waals surface area contributed by atoms with Gasteiger partial charge in [0.1, 0.15) is 46.3 Å². The molecule has 2 aromatic carbocycles. The molecule has 5 rings (SSSR count). The van der Waals surface area contributed by atoms with Gasteiger partial charge >= 0.3 is 0 Å². The molecule has 1 N–H and O–H groups in total. The standard InChI is InChI=1S/C30H30BrFN4O5S/c1-3-28(39-12-13-42(2,37)38)30(10-5-11-41-30)27-16-23-25(17-33-27)34-19-35-29(23)36-22-8-9-26(24(31)15-22)40-18-20-6-4-7-21(32)14-20/h4-9,11,14-17,19,28H,3,10,12-13,18H2,1-2H3,(H,34,35,36). The summed E-state index contributed by atoms with van der Waals surface area (Å²) in [7, 11) is -3.17. The summed E-state index contributed by atoms with van der Waals surface area (Å²) in [4.78, 5) is 13.5. The second-order valence-electron chi connectivity index (χ2n) is 9.98. The van der Waals surface area contributed by atoms with E-state index in [1.165, 1.54) is 24.7 Å². The highest BCUT2D eigenvalue weighted by Crippen LogP contribution is 2.41. The zero-order chi connectivity index (χ0) is 29.7. The number of ether oxygens (including phenoxy) is 3. The average molecular weight is 658 g/mol. The second-order valence-corrected chi connectivity index (χ2v) is 13.1. The summed E-state index contributed by atoms with van der Waals surface area (Å²) >= 11 is 3.56. The van der Waals surface area contributed by atoms with E-state index >= 15 is 0 Å². The molecule has 3 heterocycles. The topological polar surface area (TPSA) is 113 Å². The number of sulfone groups is 1. The van der Waals surface area contributed by atoms with Gasteiger partial charge in [-0.25, -0.2) is 22.8 Å². The van der Waals surface area contributed by atoms with Crippen LogP contribution in [0.2, 0.25) is 0 Å². The Hall–Kier alpha value is -3.61. The van der Waals surface area contributed by atoms with Crippen LogP contribution in [0.25, 0.3) is 10.9 Å². The number of benzene rings is 2. The number of anilines is 2. The molecule has 0 aliphatic carbocycles. The molecule has 4 aromatic rings. The zero-order valence-corrected chi connectivity index (χ0v) is 25.5. The quantitative estimate of drug-likeness (QED) is 0.190. The van der Waals surface area contributed by atoms with Gasteiger partial charge in [0.15, 0.2) is 5.60 Å². The summed E-state index contributed by atoms with van der Waals surface area (Å²) in [6.07, 6.45) is 8.53. The molecule has 220 valence electrons. The number of hydrogen-bond acceptors (Lipinski definition) is 9. The highest BCUT2D eigenvalue weighted by molar-refractivity contribution is 9.10. The fourth-order valence-electron chi connectivity index (χ4n) is 4.81. The van der Waals surface area contributed by atoms with Gasteiger partial charge in [-0.1, -0.05) is 19.1 Å². The number of hydrogen-bond donors (Lipinski definition) is 1. The first kappa shape index (κ1) is 29.9. The largest absolute Gasteiger partial charge is 0.488 e. The van der Waals surface area contributed by atoms with Gasteiger partial charge in [0.05, 0.1) is 40.5 Å².